The van der Waals surface area contributed by atoms with Gasteiger partial charge in [-0.2, -0.15) is 5.10 Å². The first-order valence-corrected chi connectivity index (χ1v) is 9.24. The molecule has 0 saturated carbocycles. The lowest BCUT2D eigenvalue weighted by molar-refractivity contribution is -0.120. The second-order valence-electron chi connectivity index (χ2n) is 6.46. The van der Waals surface area contributed by atoms with E-state index in [4.69, 9.17) is 14.2 Å². The van der Waals surface area contributed by atoms with Crippen molar-refractivity contribution in [3.8, 4) is 17.2 Å². The summed E-state index contributed by atoms with van der Waals surface area (Å²) in [6, 6.07) is 13.5. The van der Waals surface area contributed by atoms with Crippen LogP contribution in [0.5, 0.6) is 17.2 Å². The van der Waals surface area contributed by atoms with Gasteiger partial charge in [-0.05, 0) is 34.9 Å². The minimum absolute atomic E-state index is 0.0897. The summed E-state index contributed by atoms with van der Waals surface area (Å²) < 4.78 is 17.9. The van der Waals surface area contributed by atoms with Gasteiger partial charge in [-0.15, -0.1) is 0 Å². The highest BCUT2D eigenvalue weighted by Gasteiger charge is 2.15. The van der Waals surface area contributed by atoms with Crippen LogP contribution >= 0.6 is 0 Å². The smallest absolute Gasteiger partial charge is 0.224 e. The van der Waals surface area contributed by atoms with Crippen LogP contribution in [-0.4, -0.2) is 37.0 Å². The Labute approximate surface area is 170 Å². The van der Waals surface area contributed by atoms with Crippen molar-refractivity contribution in [3.05, 3.63) is 71.5 Å². The summed E-state index contributed by atoms with van der Waals surface area (Å²) in [6.07, 6.45) is 3.87. The van der Waals surface area contributed by atoms with Crippen molar-refractivity contribution in [1.82, 2.24) is 15.1 Å². The summed E-state index contributed by atoms with van der Waals surface area (Å²) in [5, 5.41) is 7.24. The summed E-state index contributed by atoms with van der Waals surface area (Å²) in [7, 11) is 4.66. The van der Waals surface area contributed by atoms with Gasteiger partial charge in [0, 0.05) is 18.9 Å². The average molecular weight is 395 g/mol. The molecule has 0 unspecified atom stereocenters. The maximum Gasteiger partial charge on any atom is 0.224 e. The predicted molar refractivity (Wildman–Crippen MR) is 109 cm³/mol. The number of hydrogen-bond acceptors (Lipinski definition) is 5. The number of methoxy groups -OCH3 is 3. The second-order valence-corrected chi connectivity index (χ2v) is 6.46. The standard InChI is InChI=1S/C22H25N3O4/c1-27-19-11-16(12-20(28-2)22(19)29-3)13-21(26)23-14-17-7-4-5-8-18(17)15-25-10-6-9-24-25/h4-12H,13-15H2,1-3H3,(H,23,26). The van der Waals surface area contributed by atoms with E-state index in [1.807, 2.05) is 41.2 Å². The number of rotatable bonds is 9. The molecular weight excluding hydrogens is 370 g/mol. The summed E-state index contributed by atoms with van der Waals surface area (Å²) in [6.45, 7) is 1.10. The van der Waals surface area contributed by atoms with E-state index in [9.17, 15) is 4.79 Å². The third-order valence-corrected chi connectivity index (χ3v) is 4.58. The quantitative estimate of drug-likeness (QED) is 0.603. The molecule has 7 heteroatoms. The first-order chi connectivity index (χ1) is 14.1. The molecule has 0 spiro atoms. The third kappa shape index (κ3) is 5.07. The van der Waals surface area contributed by atoms with Gasteiger partial charge in [0.05, 0.1) is 34.3 Å². The molecular formula is C22H25N3O4. The average Bonchev–Trinajstić information content (AvgIpc) is 3.25. The van der Waals surface area contributed by atoms with Gasteiger partial charge in [0.15, 0.2) is 11.5 Å². The van der Waals surface area contributed by atoms with E-state index >= 15 is 0 Å². The van der Waals surface area contributed by atoms with Crippen molar-refractivity contribution in [3.63, 3.8) is 0 Å². The predicted octanol–water partition coefficient (Wildman–Crippen LogP) is 2.82. The van der Waals surface area contributed by atoms with E-state index in [1.165, 1.54) is 0 Å². The van der Waals surface area contributed by atoms with Crippen LogP contribution in [0.3, 0.4) is 0 Å². The monoisotopic (exact) mass is 395 g/mol. The van der Waals surface area contributed by atoms with Gasteiger partial charge >= 0.3 is 0 Å². The summed E-state index contributed by atoms with van der Waals surface area (Å²) in [5.41, 5.74) is 2.95. The van der Waals surface area contributed by atoms with Crippen LogP contribution < -0.4 is 19.5 Å². The van der Waals surface area contributed by atoms with E-state index in [-0.39, 0.29) is 12.3 Å². The molecule has 3 aromatic rings. The maximum absolute atomic E-state index is 12.5. The number of hydrogen-bond donors (Lipinski definition) is 1. The molecule has 1 heterocycles. The number of aromatic nitrogens is 2. The Bertz CT molecular complexity index is 929. The zero-order chi connectivity index (χ0) is 20.6. The summed E-state index contributed by atoms with van der Waals surface area (Å²) in [4.78, 5) is 12.5. The Morgan fingerprint density at radius 1 is 1.00 bits per heavy atom. The number of carbonyl (C=O) groups excluding carboxylic acids is 1. The highest BCUT2D eigenvalue weighted by Crippen LogP contribution is 2.38. The molecule has 7 nitrogen and oxygen atoms in total. The minimum atomic E-state index is -0.0897. The Morgan fingerprint density at radius 3 is 2.28 bits per heavy atom. The molecule has 0 aliphatic heterocycles. The number of ether oxygens (including phenoxy) is 3. The Hall–Kier alpha value is -3.48. The molecule has 0 aliphatic rings. The van der Waals surface area contributed by atoms with Gasteiger partial charge < -0.3 is 19.5 Å². The molecule has 0 bridgehead atoms. The molecule has 0 atom stereocenters. The van der Waals surface area contributed by atoms with E-state index in [2.05, 4.69) is 10.4 Å². The fraction of sp³-hybridized carbons (Fsp3) is 0.273. The van der Waals surface area contributed by atoms with E-state index in [0.29, 0.717) is 30.3 Å². The van der Waals surface area contributed by atoms with Gasteiger partial charge in [0.2, 0.25) is 11.7 Å². The Balaban J connectivity index is 1.66. The highest BCUT2D eigenvalue weighted by atomic mass is 16.5. The van der Waals surface area contributed by atoms with E-state index in [0.717, 1.165) is 16.7 Å². The molecule has 0 saturated heterocycles. The molecule has 3 rings (SSSR count). The Kier molecular flexibility index (Phi) is 6.73. The van der Waals surface area contributed by atoms with Gasteiger partial charge in [0.25, 0.3) is 0 Å². The fourth-order valence-electron chi connectivity index (χ4n) is 3.13. The number of carbonyl (C=O) groups is 1. The van der Waals surface area contributed by atoms with Crippen molar-refractivity contribution in [2.75, 3.05) is 21.3 Å². The van der Waals surface area contributed by atoms with Gasteiger partial charge in [-0.25, -0.2) is 0 Å². The van der Waals surface area contributed by atoms with Crippen LogP contribution in [0.1, 0.15) is 16.7 Å². The molecule has 29 heavy (non-hydrogen) atoms. The lowest BCUT2D eigenvalue weighted by Crippen LogP contribution is -2.25. The number of nitrogens with zero attached hydrogens (tertiary/aromatic N) is 2. The molecule has 0 fully saturated rings. The van der Waals surface area contributed by atoms with Crippen LogP contribution in [0.2, 0.25) is 0 Å². The van der Waals surface area contributed by atoms with E-state index < -0.39 is 0 Å². The molecule has 1 amide bonds. The molecule has 2 aromatic carbocycles. The SMILES string of the molecule is COc1cc(CC(=O)NCc2ccccc2Cn2cccn2)cc(OC)c1OC. The van der Waals surface area contributed by atoms with Crippen LogP contribution in [0.25, 0.3) is 0 Å². The largest absolute Gasteiger partial charge is 0.493 e. The minimum Gasteiger partial charge on any atom is -0.493 e. The fourth-order valence-corrected chi connectivity index (χ4v) is 3.13. The van der Waals surface area contributed by atoms with Crippen molar-refractivity contribution in [2.45, 2.75) is 19.5 Å². The summed E-state index contributed by atoms with van der Waals surface area (Å²) in [5.74, 6) is 1.47. The molecule has 152 valence electrons. The van der Waals surface area contributed by atoms with Crippen LogP contribution in [0.4, 0.5) is 0 Å². The lowest BCUT2D eigenvalue weighted by atomic mass is 10.1. The topological polar surface area (TPSA) is 74.6 Å². The van der Waals surface area contributed by atoms with Crippen molar-refractivity contribution in [1.29, 1.82) is 0 Å². The van der Waals surface area contributed by atoms with Gasteiger partial charge in [-0.1, -0.05) is 24.3 Å². The molecule has 0 aliphatic carbocycles. The van der Waals surface area contributed by atoms with Crippen molar-refractivity contribution in [2.24, 2.45) is 0 Å². The molecule has 1 aromatic heterocycles. The number of benzene rings is 2. The van der Waals surface area contributed by atoms with E-state index in [1.54, 1.807) is 39.7 Å². The Morgan fingerprint density at radius 2 is 1.69 bits per heavy atom. The van der Waals surface area contributed by atoms with Crippen molar-refractivity contribution >= 4 is 5.91 Å². The van der Waals surface area contributed by atoms with Gasteiger partial charge in [-0.3, -0.25) is 9.48 Å². The van der Waals surface area contributed by atoms with Crippen LogP contribution in [0.15, 0.2) is 54.9 Å². The number of nitrogens with one attached hydrogen (secondary N) is 1. The third-order valence-electron chi connectivity index (χ3n) is 4.58. The normalized spacial score (nSPS) is 10.4. The lowest BCUT2D eigenvalue weighted by Gasteiger charge is -2.14. The maximum atomic E-state index is 12.5. The highest BCUT2D eigenvalue weighted by molar-refractivity contribution is 5.79. The number of amides is 1. The second kappa shape index (κ2) is 9.64. The zero-order valence-corrected chi connectivity index (χ0v) is 16.8. The first kappa shape index (κ1) is 20.3. The van der Waals surface area contributed by atoms with Crippen LogP contribution in [0, 0.1) is 0 Å². The zero-order valence-electron chi connectivity index (χ0n) is 16.8. The van der Waals surface area contributed by atoms with Crippen LogP contribution in [-0.2, 0) is 24.3 Å². The van der Waals surface area contributed by atoms with Crippen molar-refractivity contribution < 1.29 is 19.0 Å². The molecule has 0 radical (unpaired) electrons. The first-order valence-electron chi connectivity index (χ1n) is 9.24. The summed E-state index contributed by atoms with van der Waals surface area (Å²) >= 11 is 0. The molecule has 1 N–H and O–H groups in total. The van der Waals surface area contributed by atoms with Gasteiger partial charge in [0.1, 0.15) is 0 Å².